The molecule has 0 saturated heterocycles. The molecule has 26 heavy (non-hydrogen) atoms. The first kappa shape index (κ1) is 18.1. The average molecular weight is 368 g/mol. The lowest BCUT2D eigenvalue weighted by Crippen LogP contribution is -2.31. The molecule has 0 radical (unpaired) electrons. The van der Waals surface area contributed by atoms with Crippen LogP contribution in [0.2, 0.25) is 0 Å². The first-order valence-electron chi connectivity index (χ1n) is 8.52. The van der Waals surface area contributed by atoms with E-state index in [2.05, 4.69) is 10.3 Å². The minimum atomic E-state index is -0.939. The zero-order chi connectivity index (χ0) is 18.4. The minimum Gasteiger partial charge on any atom is -0.481 e. The van der Waals surface area contributed by atoms with Crippen LogP contribution in [-0.4, -0.2) is 28.5 Å². The second-order valence-corrected chi connectivity index (χ2v) is 7.15. The van der Waals surface area contributed by atoms with Crippen LogP contribution in [0.3, 0.4) is 0 Å². The van der Waals surface area contributed by atoms with Gasteiger partial charge in [0.25, 0.3) is 0 Å². The minimum absolute atomic E-state index is 0.0965. The number of amides is 1. The second-order valence-electron chi connectivity index (χ2n) is 6.03. The number of aromatic nitrogens is 1. The third kappa shape index (κ3) is 4.67. The van der Waals surface area contributed by atoms with Crippen LogP contribution in [0.15, 0.2) is 54.6 Å². The summed E-state index contributed by atoms with van der Waals surface area (Å²) in [6.07, 6.45) is 1.79. The fourth-order valence-corrected chi connectivity index (χ4v) is 3.77. The van der Waals surface area contributed by atoms with Gasteiger partial charge in [-0.2, -0.15) is 0 Å². The van der Waals surface area contributed by atoms with Crippen molar-refractivity contribution in [3.63, 3.8) is 0 Å². The zero-order valence-corrected chi connectivity index (χ0v) is 15.0. The first-order valence-corrected chi connectivity index (χ1v) is 9.34. The molecule has 1 heterocycles. The van der Waals surface area contributed by atoms with Crippen LogP contribution < -0.4 is 5.32 Å². The molecule has 2 N–H and O–H groups in total. The number of aliphatic carboxylic acids is 1. The molecule has 3 aromatic rings. The van der Waals surface area contributed by atoms with Crippen molar-refractivity contribution in [2.24, 2.45) is 0 Å². The van der Waals surface area contributed by atoms with Gasteiger partial charge in [-0.1, -0.05) is 42.5 Å². The molecule has 5 nitrogen and oxygen atoms in total. The molecule has 3 rings (SSSR count). The standard InChI is InChI=1S/C20H20N2O3S/c23-18(21-13-15(20(24)25)14-7-2-1-3-8-14)11-6-12-19-22-16-9-4-5-10-17(16)26-19/h1-5,7-10,15H,6,11-13H2,(H,21,23)(H,24,25). The van der Waals surface area contributed by atoms with Crippen molar-refractivity contribution in [2.45, 2.75) is 25.2 Å². The fraction of sp³-hybridized carbons (Fsp3) is 0.250. The Kier molecular flexibility index (Phi) is 5.96. The molecule has 0 aliphatic carbocycles. The highest BCUT2D eigenvalue weighted by Crippen LogP contribution is 2.22. The Morgan fingerprint density at radius 1 is 1.08 bits per heavy atom. The summed E-state index contributed by atoms with van der Waals surface area (Å²) in [4.78, 5) is 28.0. The molecule has 0 fully saturated rings. The van der Waals surface area contributed by atoms with E-state index in [0.717, 1.165) is 21.6 Å². The van der Waals surface area contributed by atoms with E-state index in [1.807, 2.05) is 30.3 Å². The number of aryl methyl sites for hydroxylation is 1. The number of hydrogen-bond donors (Lipinski definition) is 2. The Bertz CT molecular complexity index is 859. The Hall–Kier alpha value is -2.73. The van der Waals surface area contributed by atoms with Crippen molar-refractivity contribution >= 4 is 33.4 Å². The molecule has 1 atom stereocenters. The number of para-hydroxylation sites is 1. The predicted molar refractivity (Wildman–Crippen MR) is 102 cm³/mol. The van der Waals surface area contributed by atoms with Gasteiger partial charge < -0.3 is 10.4 Å². The number of nitrogens with one attached hydrogen (secondary N) is 1. The van der Waals surface area contributed by atoms with Crippen molar-refractivity contribution in [3.05, 3.63) is 65.2 Å². The van der Waals surface area contributed by atoms with Crippen molar-refractivity contribution in [1.82, 2.24) is 10.3 Å². The number of rotatable bonds is 8. The van der Waals surface area contributed by atoms with Gasteiger partial charge in [0.2, 0.25) is 5.91 Å². The summed E-state index contributed by atoms with van der Waals surface area (Å²) >= 11 is 1.65. The Morgan fingerprint density at radius 2 is 1.81 bits per heavy atom. The second kappa shape index (κ2) is 8.58. The van der Waals surface area contributed by atoms with Gasteiger partial charge in [0.05, 0.1) is 21.1 Å². The lowest BCUT2D eigenvalue weighted by Gasteiger charge is -2.13. The Labute approximate surface area is 155 Å². The summed E-state index contributed by atoms with van der Waals surface area (Å²) in [5, 5.41) is 13.1. The van der Waals surface area contributed by atoms with E-state index < -0.39 is 11.9 Å². The normalized spacial score (nSPS) is 12.0. The maximum Gasteiger partial charge on any atom is 0.312 e. The van der Waals surface area contributed by atoms with Gasteiger partial charge in [-0.15, -0.1) is 11.3 Å². The Balaban J connectivity index is 1.47. The summed E-state index contributed by atoms with van der Waals surface area (Å²) in [6, 6.07) is 16.9. The number of benzene rings is 2. The monoisotopic (exact) mass is 368 g/mol. The molecular weight excluding hydrogens is 348 g/mol. The van der Waals surface area contributed by atoms with Crippen molar-refractivity contribution in [3.8, 4) is 0 Å². The van der Waals surface area contributed by atoms with Crippen LogP contribution in [0.5, 0.6) is 0 Å². The van der Waals surface area contributed by atoms with Gasteiger partial charge in [-0.25, -0.2) is 4.98 Å². The molecule has 0 spiro atoms. The van der Waals surface area contributed by atoms with E-state index in [9.17, 15) is 14.7 Å². The largest absolute Gasteiger partial charge is 0.481 e. The van der Waals surface area contributed by atoms with E-state index in [-0.39, 0.29) is 12.5 Å². The number of carboxylic acid groups (broad SMARTS) is 1. The van der Waals surface area contributed by atoms with E-state index in [4.69, 9.17) is 0 Å². The number of carbonyl (C=O) groups excluding carboxylic acids is 1. The quantitative estimate of drug-likeness (QED) is 0.637. The van der Waals surface area contributed by atoms with Crippen molar-refractivity contribution < 1.29 is 14.7 Å². The molecule has 6 heteroatoms. The maximum atomic E-state index is 12.0. The van der Waals surface area contributed by atoms with Gasteiger partial charge in [0.15, 0.2) is 0 Å². The van der Waals surface area contributed by atoms with Gasteiger partial charge in [-0.3, -0.25) is 9.59 Å². The van der Waals surface area contributed by atoms with E-state index in [1.165, 1.54) is 0 Å². The molecule has 134 valence electrons. The summed E-state index contributed by atoms with van der Waals surface area (Å²) in [5.74, 6) is -1.80. The van der Waals surface area contributed by atoms with Crippen LogP contribution in [0, 0.1) is 0 Å². The van der Waals surface area contributed by atoms with Crippen LogP contribution >= 0.6 is 11.3 Å². The number of thiazole rings is 1. The third-order valence-corrected chi connectivity index (χ3v) is 5.23. The highest BCUT2D eigenvalue weighted by atomic mass is 32.1. The molecule has 0 aliphatic rings. The van der Waals surface area contributed by atoms with Gasteiger partial charge in [-0.05, 0) is 30.5 Å². The van der Waals surface area contributed by atoms with Gasteiger partial charge in [0, 0.05) is 13.0 Å². The molecule has 0 aliphatic heterocycles. The number of nitrogens with zero attached hydrogens (tertiary/aromatic N) is 1. The van der Waals surface area contributed by atoms with Crippen LogP contribution in [0.25, 0.3) is 10.2 Å². The summed E-state index contributed by atoms with van der Waals surface area (Å²) in [7, 11) is 0. The molecule has 1 unspecified atom stereocenters. The number of fused-ring (bicyclic) bond motifs is 1. The smallest absolute Gasteiger partial charge is 0.312 e. The highest BCUT2D eigenvalue weighted by molar-refractivity contribution is 7.18. The lowest BCUT2D eigenvalue weighted by molar-refractivity contribution is -0.138. The lowest BCUT2D eigenvalue weighted by atomic mass is 9.99. The SMILES string of the molecule is O=C(CCCc1nc2ccccc2s1)NCC(C(=O)O)c1ccccc1. The number of carboxylic acids is 1. The number of carbonyl (C=O) groups is 2. The van der Waals surface area contributed by atoms with Crippen LogP contribution in [0.4, 0.5) is 0 Å². The molecule has 1 amide bonds. The highest BCUT2D eigenvalue weighted by Gasteiger charge is 2.20. The number of hydrogen-bond acceptors (Lipinski definition) is 4. The predicted octanol–water partition coefficient (Wildman–Crippen LogP) is 3.60. The average Bonchev–Trinajstić information content (AvgIpc) is 3.05. The topological polar surface area (TPSA) is 79.3 Å². The van der Waals surface area contributed by atoms with Gasteiger partial charge >= 0.3 is 5.97 Å². The van der Waals surface area contributed by atoms with Crippen molar-refractivity contribution in [1.29, 1.82) is 0 Å². The van der Waals surface area contributed by atoms with E-state index in [1.54, 1.807) is 35.6 Å². The molecular formula is C20H20N2O3S. The molecule has 0 bridgehead atoms. The molecule has 0 saturated carbocycles. The van der Waals surface area contributed by atoms with Crippen molar-refractivity contribution in [2.75, 3.05) is 6.54 Å². The molecule has 2 aromatic carbocycles. The fourth-order valence-electron chi connectivity index (χ4n) is 2.76. The summed E-state index contributed by atoms with van der Waals surface area (Å²) in [6.45, 7) is 0.0965. The Morgan fingerprint density at radius 3 is 2.54 bits per heavy atom. The summed E-state index contributed by atoms with van der Waals surface area (Å²) in [5.41, 5.74) is 1.68. The first-order chi connectivity index (χ1) is 12.6. The zero-order valence-electron chi connectivity index (χ0n) is 14.2. The van der Waals surface area contributed by atoms with Crippen LogP contribution in [0.1, 0.15) is 29.3 Å². The van der Waals surface area contributed by atoms with Crippen LogP contribution in [-0.2, 0) is 16.0 Å². The summed E-state index contributed by atoms with van der Waals surface area (Å²) < 4.78 is 1.15. The van der Waals surface area contributed by atoms with E-state index in [0.29, 0.717) is 18.4 Å². The van der Waals surface area contributed by atoms with Gasteiger partial charge in [0.1, 0.15) is 0 Å². The molecule has 1 aromatic heterocycles. The van der Waals surface area contributed by atoms with E-state index >= 15 is 0 Å². The third-order valence-electron chi connectivity index (χ3n) is 4.14. The maximum absolute atomic E-state index is 12.0.